The molecule has 0 radical (unpaired) electrons. The molecule has 1 saturated carbocycles. The fourth-order valence-corrected chi connectivity index (χ4v) is 2.02. The molecule has 0 aromatic carbocycles. The minimum Gasteiger partial charge on any atom is -0.358 e. The molecule has 1 heterocycles. The fraction of sp³-hybridized carbons (Fsp3) is 0.455. The molecule has 19 heavy (non-hydrogen) atoms. The Morgan fingerprint density at radius 1 is 1.58 bits per heavy atom. The zero-order chi connectivity index (χ0) is 14.0. The normalized spacial score (nSPS) is 16.3. The summed E-state index contributed by atoms with van der Waals surface area (Å²) < 4.78 is 0. The van der Waals surface area contributed by atoms with Crippen molar-refractivity contribution in [2.75, 3.05) is 5.43 Å². The van der Waals surface area contributed by atoms with Gasteiger partial charge >= 0.3 is 5.82 Å². The van der Waals surface area contributed by atoms with Crippen LogP contribution in [0.5, 0.6) is 0 Å². The molecular weight excluding hydrogens is 250 g/mol. The van der Waals surface area contributed by atoms with E-state index in [1.54, 1.807) is 0 Å². The van der Waals surface area contributed by atoms with Gasteiger partial charge in [-0.1, -0.05) is 0 Å². The minimum absolute atomic E-state index is 0.123. The maximum absolute atomic E-state index is 12.2. The second kappa shape index (κ2) is 4.81. The molecule has 0 atom stereocenters. The number of nitro groups is 1. The highest BCUT2D eigenvalue weighted by molar-refractivity contribution is 6.00. The van der Waals surface area contributed by atoms with Gasteiger partial charge in [-0.2, -0.15) is 0 Å². The van der Waals surface area contributed by atoms with Gasteiger partial charge in [-0.05, 0) is 36.1 Å². The number of nitrogens with zero attached hydrogens (tertiary/aromatic N) is 2. The number of pyridine rings is 1. The van der Waals surface area contributed by atoms with Gasteiger partial charge in [0.1, 0.15) is 5.69 Å². The quantitative estimate of drug-likeness (QED) is 0.423. The van der Waals surface area contributed by atoms with E-state index in [4.69, 9.17) is 5.84 Å². The molecule has 0 spiro atoms. The third-order valence-electron chi connectivity index (χ3n) is 3.35. The Morgan fingerprint density at radius 2 is 2.26 bits per heavy atom. The molecule has 8 nitrogen and oxygen atoms in total. The predicted molar refractivity (Wildman–Crippen MR) is 68.4 cm³/mol. The zero-order valence-corrected chi connectivity index (χ0v) is 10.5. The minimum atomic E-state index is -0.651. The van der Waals surface area contributed by atoms with Gasteiger partial charge in [0.15, 0.2) is 6.20 Å². The first-order valence-electron chi connectivity index (χ1n) is 5.89. The monoisotopic (exact) mass is 265 g/mol. The smallest absolute Gasteiger partial charge is 0.358 e. The van der Waals surface area contributed by atoms with E-state index in [1.165, 1.54) is 6.20 Å². The summed E-state index contributed by atoms with van der Waals surface area (Å²) in [6.45, 7) is 1.94. The van der Waals surface area contributed by atoms with Crippen LogP contribution in [0.15, 0.2) is 12.3 Å². The molecule has 1 fully saturated rings. The van der Waals surface area contributed by atoms with E-state index in [0.29, 0.717) is 0 Å². The van der Waals surface area contributed by atoms with Crippen LogP contribution in [0.4, 0.5) is 11.5 Å². The van der Waals surface area contributed by atoms with E-state index in [2.05, 4.69) is 15.7 Å². The van der Waals surface area contributed by atoms with Crippen molar-refractivity contribution in [1.82, 2.24) is 10.3 Å². The van der Waals surface area contributed by atoms with E-state index in [1.807, 2.05) is 6.92 Å². The number of nitrogens with two attached hydrogens (primary N) is 1. The first kappa shape index (κ1) is 13.2. The van der Waals surface area contributed by atoms with E-state index >= 15 is 0 Å². The van der Waals surface area contributed by atoms with Crippen LogP contribution in [-0.2, 0) is 0 Å². The van der Waals surface area contributed by atoms with Gasteiger partial charge in [0, 0.05) is 5.54 Å². The topological polar surface area (TPSA) is 123 Å². The number of amides is 1. The van der Waals surface area contributed by atoms with Crippen molar-refractivity contribution in [1.29, 1.82) is 0 Å². The average Bonchev–Trinajstić information content (AvgIpc) is 2.35. The van der Waals surface area contributed by atoms with E-state index < -0.39 is 4.92 Å². The molecule has 0 bridgehead atoms. The second-order valence-electron chi connectivity index (χ2n) is 4.86. The summed E-state index contributed by atoms with van der Waals surface area (Å²) in [6, 6.07) is 1.12. The van der Waals surface area contributed by atoms with Crippen molar-refractivity contribution >= 4 is 17.4 Å². The SMILES string of the molecule is CC1(NC(=O)c2cc([N+](=O)[O-])ncc2NN)CCC1. The number of anilines is 1. The Bertz CT molecular complexity index is 527. The van der Waals surface area contributed by atoms with Crippen molar-refractivity contribution in [3.63, 3.8) is 0 Å². The van der Waals surface area contributed by atoms with E-state index in [-0.39, 0.29) is 28.5 Å². The molecule has 0 saturated heterocycles. The van der Waals surface area contributed by atoms with E-state index in [9.17, 15) is 14.9 Å². The zero-order valence-electron chi connectivity index (χ0n) is 10.5. The molecule has 1 amide bonds. The molecule has 0 aliphatic heterocycles. The van der Waals surface area contributed by atoms with Crippen molar-refractivity contribution in [2.24, 2.45) is 5.84 Å². The van der Waals surface area contributed by atoms with Gasteiger partial charge < -0.3 is 20.9 Å². The number of nitrogens with one attached hydrogen (secondary N) is 2. The molecule has 0 unspecified atom stereocenters. The second-order valence-corrected chi connectivity index (χ2v) is 4.86. The Morgan fingerprint density at radius 3 is 2.74 bits per heavy atom. The number of carbonyl (C=O) groups is 1. The summed E-state index contributed by atoms with van der Waals surface area (Å²) in [5.74, 6) is 4.51. The lowest BCUT2D eigenvalue weighted by atomic mass is 9.78. The van der Waals surface area contributed by atoms with Crippen molar-refractivity contribution in [3.8, 4) is 0 Å². The molecule has 102 valence electrons. The fourth-order valence-electron chi connectivity index (χ4n) is 2.02. The van der Waals surface area contributed by atoms with Crippen LogP contribution in [0.25, 0.3) is 0 Å². The van der Waals surface area contributed by atoms with Gasteiger partial charge in [-0.3, -0.25) is 10.6 Å². The maximum Gasteiger partial charge on any atom is 0.364 e. The molecule has 1 aliphatic carbocycles. The number of hydrazine groups is 1. The standard InChI is InChI=1S/C11H15N5O3/c1-11(3-2-4-11)14-10(17)7-5-9(16(18)19)13-6-8(7)15-12/h5-6,15H,2-4,12H2,1H3,(H,14,17). The lowest BCUT2D eigenvalue weighted by molar-refractivity contribution is -0.389. The Balaban J connectivity index is 2.28. The predicted octanol–water partition coefficient (Wildman–Crippen LogP) is 0.948. The molecular formula is C11H15N5O3. The number of nitrogen functional groups attached to an aromatic ring is 1. The van der Waals surface area contributed by atoms with Crippen molar-refractivity contribution in [3.05, 3.63) is 27.9 Å². The largest absolute Gasteiger partial charge is 0.364 e. The maximum atomic E-state index is 12.2. The number of rotatable bonds is 4. The van der Waals surface area contributed by atoms with Crippen LogP contribution < -0.4 is 16.6 Å². The lowest BCUT2D eigenvalue weighted by Crippen LogP contribution is -2.51. The Labute approximate surface area is 109 Å². The van der Waals surface area contributed by atoms with Crippen LogP contribution in [0.2, 0.25) is 0 Å². The Kier molecular flexibility index (Phi) is 3.34. The first-order chi connectivity index (χ1) is 8.95. The van der Waals surface area contributed by atoms with Gasteiger partial charge in [0.05, 0.1) is 11.6 Å². The highest BCUT2D eigenvalue weighted by Gasteiger charge is 2.34. The molecule has 1 aliphatic rings. The van der Waals surface area contributed by atoms with Gasteiger partial charge in [-0.15, -0.1) is 0 Å². The first-order valence-corrected chi connectivity index (χ1v) is 5.89. The van der Waals surface area contributed by atoms with E-state index in [0.717, 1.165) is 25.3 Å². The highest BCUT2D eigenvalue weighted by Crippen LogP contribution is 2.31. The lowest BCUT2D eigenvalue weighted by Gasteiger charge is -2.39. The summed E-state index contributed by atoms with van der Waals surface area (Å²) in [4.78, 5) is 25.8. The molecule has 8 heteroatoms. The summed E-state index contributed by atoms with van der Waals surface area (Å²) in [6.07, 6.45) is 4.04. The van der Waals surface area contributed by atoms with Crippen molar-refractivity contribution < 1.29 is 9.72 Å². The summed E-state index contributed by atoms with van der Waals surface area (Å²) in [5, 5.41) is 13.6. The Hall–Kier alpha value is -2.22. The van der Waals surface area contributed by atoms with Gasteiger partial charge in [0.2, 0.25) is 0 Å². The van der Waals surface area contributed by atoms with Gasteiger partial charge in [-0.25, -0.2) is 0 Å². The van der Waals surface area contributed by atoms with Crippen LogP contribution in [-0.4, -0.2) is 21.4 Å². The third-order valence-corrected chi connectivity index (χ3v) is 3.35. The van der Waals surface area contributed by atoms with Crippen LogP contribution in [0.1, 0.15) is 36.5 Å². The third kappa shape index (κ3) is 2.63. The summed E-state index contributed by atoms with van der Waals surface area (Å²) in [7, 11) is 0. The number of aromatic nitrogens is 1. The van der Waals surface area contributed by atoms with Crippen LogP contribution >= 0.6 is 0 Å². The summed E-state index contributed by atoms with van der Waals surface area (Å²) >= 11 is 0. The highest BCUT2D eigenvalue weighted by atomic mass is 16.6. The summed E-state index contributed by atoms with van der Waals surface area (Å²) in [5.41, 5.74) is 2.46. The molecule has 1 aromatic heterocycles. The van der Waals surface area contributed by atoms with Crippen molar-refractivity contribution in [2.45, 2.75) is 31.7 Å². The average molecular weight is 265 g/mol. The van der Waals surface area contributed by atoms with Crippen LogP contribution in [0, 0.1) is 10.1 Å². The van der Waals surface area contributed by atoms with Crippen LogP contribution in [0.3, 0.4) is 0 Å². The number of carbonyl (C=O) groups excluding carboxylic acids is 1. The molecule has 1 aromatic rings. The number of hydrogen-bond donors (Lipinski definition) is 3. The number of hydrogen-bond acceptors (Lipinski definition) is 6. The van der Waals surface area contributed by atoms with Gasteiger partial charge in [0.25, 0.3) is 5.91 Å². The molecule has 2 rings (SSSR count). The molecule has 4 N–H and O–H groups in total.